The smallest absolute Gasteiger partial charge is 0.408 e. The van der Waals surface area contributed by atoms with Crippen LogP contribution in [0.2, 0.25) is 0 Å². The number of carbonyl (C=O) groups is 2. The lowest BCUT2D eigenvalue weighted by atomic mass is 10.0. The summed E-state index contributed by atoms with van der Waals surface area (Å²) < 4.78 is 6.21. The van der Waals surface area contributed by atoms with Gasteiger partial charge in [-0.2, -0.15) is 0 Å². The van der Waals surface area contributed by atoms with E-state index in [0.29, 0.717) is 32.0 Å². The van der Waals surface area contributed by atoms with Crippen LogP contribution in [0.4, 0.5) is 10.7 Å². The lowest BCUT2D eigenvalue weighted by molar-refractivity contribution is -0.135. The highest BCUT2D eigenvalue weighted by molar-refractivity contribution is 9.10. The zero-order chi connectivity index (χ0) is 19.6. The summed E-state index contributed by atoms with van der Waals surface area (Å²) in [5.41, 5.74) is -0.576. The van der Waals surface area contributed by atoms with Gasteiger partial charge in [-0.1, -0.05) is 0 Å². The van der Waals surface area contributed by atoms with Gasteiger partial charge >= 0.3 is 6.09 Å². The first-order valence-corrected chi connectivity index (χ1v) is 10.0. The maximum atomic E-state index is 12.5. The summed E-state index contributed by atoms with van der Waals surface area (Å²) >= 11 is 3.34. The molecule has 2 aliphatic heterocycles. The van der Waals surface area contributed by atoms with Gasteiger partial charge in [-0.15, -0.1) is 0 Å². The molecule has 2 amide bonds. The molecule has 9 heteroatoms. The van der Waals surface area contributed by atoms with E-state index in [1.54, 1.807) is 12.4 Å². The van der Waals surface area contributed by atoms with Crippen molar-refractivity contribution in [1.29, 1.82) is 0 Å². The molecule has 0 aromatic carbocycles. The summed E-state index contributed by atoms with van der Waals surface area (Å²) in [6.45, 7) is 7.30. The Hall–Kier alpha value is -1.90. The fourth-order valence-corrected chi connectivity index (χ4v) is 3.72. The Labute approximate surface area is 167 Å². The zero-order valence-electron chi connectivity index (χ0n) is 15.9. The molecule has 0 spiro atoms. The van der Waals surface area contributed by atoms with Gasteiger partial charge in [0.25, 0.3) is 0 Å². The van der Waals surface area contributed by atoms with E-state index in [0.717, 1.165) is 17.3 Å². The van der Waals surface area contributed by atoms with Gasteiger partial charge in [-0.3, -0.25) is 4.79 Å². The Morgan fingerprint density at radius 3 is 2.59 bits per heavy atom. The molecule has 3 rings (SSSR count). The van der Waals surface area contributed by atoms with Gasteiger partial charge in [0.2, 0.25) is 11.9 Å². The van der Waals surface area contributed by atoms with Crippen molar-refractivity contribution in [2.75, 3.05) is 24.5 Å². The number of aromatic nitrogens is 2. The number of amides is 2. The molecule has 0 unspecified atom stereocenters. The SMILES string of the molecule is CC(C)(C)OC(=O)N[C@H]1CN(c2ncc(Br)cn2)C[C@@H]1N1CCCCC1=O. The summed E-state index contributed by atoms with van der Waals surface area (Å²) in [4.78, 5) is 37.4. The number of nitrogens with one attached hydrogen (secondary N) is 1. The van der Waals surface area contributed by atoms with Crippen LogP contribution >= 0.6 is 15.9 Å². The van der Waals surface area contributed by atoms with Crippen LogP contribution in [0, 0.1) is 0 Å². The van der Waals surface area contributed by atoms with Crippen LogP contribution in [0.5, 0.6) is 0 Å². The van der Waals surface area contributed by atoms with Crippen molar-refractivity contribution in [2.24, 2.45) is 0 Å². The van der Waals surface area contributed by atoms with Crippen LogP contribution in [0.15, 0.2) is 16.9 Å². The van der Waals surface area contributed by atoms with Gasteiger partial charge < -0.3 is 19.9 Å². The number of carbonyl (C=O) groups excluding carboxylic acids is 2. The molecule has 0 aliphatic carbocycles. The van der Waals surface area contributed by atoms with E-state index >= 15 is 0 Å². The molecule has 8 nitrogen and oxygen atoms in total. The second-order valence-corrected chi connectivity index (χ2v) is 8.89. The lowest BCUT2D eigenvalue weighted by Crippen LogP contribution is -2.54. The molecular weight excluding hydrogens is 414 g/mol. The molecule has 0 radical (unpaired) electrons. The van der Waals surface area contributed by atoms with Crippen molar-refractivity contribution < 1.29 is 14.3 Å². The second kappa shape index (κ2) is 8.00. The van der Waals surface area contributed by atoms with Crippen LogP contribution < -0.4 is 10.2 Å². The third-order valence-corrected chi connectivity index (χ3v) is 5.05. The Kier molecular flexibility index (Phi) is 5.88. The number of nitrogens with zero attached hydrogens (tertiary/aromatic N) is 4. The fraction of sp³-hybridized carbons (Fsp3) is 0.667. The Morgan fingerprint density at radius 1 is 1.26 bits per heavy atom. The third kappa shape index (κ3) is 5.09. The van der Waals surface area contributed by atoms with Crippen LogP contribution in [0.3, 0.4) is 0 Å². The minimum atomic E-state index is -0.576. The van der Waals surface area contributed by atoms with Crippen LogP contribution in [-0.4, -0.2) is 64.2 Å². The van der Waals surface area contributed by atoms with Crippen molar-refractivity contribution in [3.8, 4) is 0 Å². The Morgan fingerprint density at radius 2 is 1.96 bits per heavy atom. The molecule has 1 aromatic rings. The van der Waals surface area contributed by atoms with Gasteiger partial charge in [0.1, 0.15) is 5.60 Å². The summed E-state index contributed by atoms with van der Waals surface area (Å²) in [6.07, 6.45) is 5.38. The molecule has 1 aromatic heterocycles. The van der Waals surface area contributed by atoms with Gasteiger partial charge in [0.15, 0.2) is 0 Å². The molecule has 0 saturated carbocycles. The number of halogens is 1. The number of alkyl carbamates (subject to hydrolysis) is 1. The van der Waals surface area contributed by atoms with E-state index in [-0.39, 0.29) is 18.0 Å². The highest BCUT2D eigenvalue weighted by Gasteiger charge is 2.41. The zero-order valence-corrected chi connectivity index (χ0v) is 17.5. The van der Waals surface area contributed by atoms with Crippen molar-refractivity contribution in [3.63, 3.8) is 0 Å². The highest BCUT2D eigenvalue weighted by atomic mass is 79.9. The standard InChI is InChI=1S/C18H26BrN5O3/c1-18(2,3)27-17(26)22-13-10-23(16-20-8-12(19)9-21-16)11-14(13)24-7-5-4-6-15(24)25/h8-9,13-14H,4-7,10-11H2,1-3H3,(H,22,26)/t13-,14-/m0/s1. The summed E-state index contributed by atoms with van der Waals surface area (Å²) in [5.74, 6) is 0.724. The van der Waals surface area contributed by atoms with Crippen LogP contribution in [-0.2, 0) is 9.53 Å². The number of anilines is 1. The number of ether oxygens (including phenoxy) is 1. The van der Waals surface area contributed by atoms with Crippen molar-refractivity contribution in [1.82, 2.24) is 20.2 Å². The van der Waals surface area contributed by atoms with Crippen molar-refractivity contribution in [2.45, 2.75) is 57.7 Å². The van der Waals surface area contributed by atoms with Crippen LogP contribution in [0.1, 0.15) is 40.0 Å². The number of likely N-dealkylation sites (tertiary alicyclic amines) is 1. The van der Waals surface area contributed by atoms with Gasteiger partial charge in [0, 0.05) is 38.4 Å². The first-order valence-electron chi connectivity index (χ1n) is 9.24. The Bertz CT molecular complexity index is 691. The third-order valence-electron chi connectivity index (χ3n) is 4.64. The molecule has 2 atom stereocenters. The first-order chi connectivity index (χ1) is 12.7. The predicted molar refractivity (Wildman–Crippen MR) is 104 cm³/mol. The van der Waals surface area contributed by atoms with Crippen molar-refractivity contribution in [3.05, 3.63) is 16.9 Å². The number of rotatable bonds is 3. The number of hydrogen-bond acceptors (Lipinski definition) is 6. The molecule has 1 N–H and O–H groups in total. The van der Waals surface area contributed by atoms with E-state index < -0.39 is 11.7 Å². The van der Waals surface area contributed by atoms with E-state index in [2.05, 4.69) is 31.2 Å². The molecule has 2 saturated heterocycles. The molecule has 2 fully saturated rings. The normalized spacial score (nSPS) is 23.5. The minimum Gasteiger partial charge on any atom is -0.444 e. The monoisotopic (exact) mass is 439 g/mol. The van der Waals surface area contributed by atoms with E-state index in [1.165, 1.54) is 0 Å². The lowest BCUT2D eigenvalue weighted by Gasteiger charge is -2.35. The summed E-state index contributed by atoms with van der Waals surface area (Å²) in [7, 11) is 0. The minimum absolute atomic E-state index is 0.127. The van der Waals surface area contributed by atoms with Gasteiger partial charge in [-0.25, -0.2) is 14.8 Å². The molecule has 0 bridgehead atoms. The molecular formula is C18H26BrN5O3. The average Bonchev–Trinajstić information content (AvgIpc) is 2.97. The maximum Gasteiger partial charge on any atom is 0.408 e. The molecule has 148 valence electrons. The van der Waals surface area contributed by atoms with Gasteiger partial charge in [0.05, 0.1) is 16.6 Å². The van der Waals surface area contributed by atoms with Gasteiger partial charge in [-0.05, 0) is 49.5 Å². The van der Waals surface area contributed by atoms with E-state index in [1.807, 2.05) is 30.6 Å². The summed E-state index contributed by atoms with van der Waals surface area (Å²) in [5, 5.41) is 2.95. The highest BCUT2D eigenvalue weighted by Crippen LogP contribution is 2.25. The summed E-state index contributed by atoms with van der Waals surface area (Å²) in [6, 6.07) is -0.369. The first kappa shape index (κ1) is 19.9. The maximum absolute atomic E-state index is 12.5. The molecule has 27 heavy (non-hydrogen) atoms. The molecule has 2 aliphatic rings. The number of piperidine rings is 1. The second-order valence-electron chi connectivity index (χ2n) is 7.97. The fourth-order valence-electron chi connectivity index (χ4n) is 3.51. The predicted octanol–water partition coefficient (Wildman–Crippen LogP) is 2.33. The quantitative estimate of drug-likeness (QED) is 0.777. The van der Waals surface area contributed by atoms with E-state index in [4.69, 9.17) is 4.74 Å². The largest absolute Gasteiger partial charge is 0.444 e. The number of hydrogen-bond donors (Lipinski definition) is 1. The van der Waals surface area contributed by atoms with Crippen LogP contribution in [0.25, 0.3) is 0 Å². The average molecular weight is 440 g/mol. The Balaban J connectivity index is 1.77. The van der Waals surface area contributed by atoms with E-state index in [9.17, 15) is 9.59 Å². The van der Waals surface area contributed by atoms with Crippen molar-refractivity contribution >= 4 is 33.9 Å². The molecule has 3 heterocycles. The topological polar surface area (TPSA) is 87.7 Å².